The van der Waals surface area contributed by atoms with Crippen LogP contribution < -0.4 is 4.74 Å². The number of alkyl halides is 1. The number of hydrogen-bond donors (Lipinski definition) is 0. The molecule has 0 radical (unpaired) electrons. The highest BCUT2D eigenvalue weighted by Crippen LogP contribution is 2.44. The highest BCUT2D eigenvalue weighted by Gasteiger charge is 2.30. The van der Waals surface area contributed by atoms with E-state index in [9.17, 15) is 4.39 Å². The molecule has 0 N–H and O–H groups in total. The van der Waals surface area contributed by atoms with Crippen molar-refractivity contribution in [3.8, 4) is 5.75 Å². The number of ether oxygens (including phenoxy) is 1. The second-order valence-corrected chi connectivity index (χ2v) is 7.19. The van der Waals surface area contributed by atoms with E-state index in [0.717, 1.165) is 18.4 Å². The van der Waals surface area contributed by atoms with Crippen molar-refractivity contribution in [1.29, 1.82) is 0 Å². The fourth-order valence-corrected chi connectivity index (χ4v) is 4.08. The fraction of sp³-hybridized carbons (Fsp3) is 0.294. The van der Waals surface area contributed by atoms with E-state index in [1.165, 1.54) is 17.2 Å². The van der Waals surface area contributed by atoms with Crippen molar-refractivity contribution in [1.82, 2.24) is 0 Å². The van der Waals surface area contributed by atoms with E-state index in [1.54, 1.807) is 7.11 Å². The van der Waals surface area contributed by atoms with Gasteiger partial charge in [0, 0.05) is 16.5 Å². The van der Waals surface area contributed by atoms with Crippen LogP contribution in [0.5, 0.6) is 5.75 Å². The summed E-state index contributed by atoms with van der Waals surface area (Å²) in [6.07, 6.45) is 2.06. The molecule has 4 heteroatoms. The minimum atomic E-state index is -0.301. The first-order chi connectivity index (χ1) is 10.1. The van der Waals surface area contributed by atoms with E-state index < -0.39 is 0 Å². The molecule has 1 aliphatic carbocycles. The highest BCUT2D eigenvalue weighted by atomic mass is 79.9. The van der Waals surface area contributed by atoms with E-state index in [-0.39, 0.29) is 10.6 Å². The number of methoxy groups -OCH3 is 1. The van der Waals surface area contributed by atoms with Gasteiger partial charge in [-0.25, -0.2) is 4.39 Å². The molecular weight excluding hydrogens is 399 g/mol. The van der Waals surface area contributed by atoms with Gasteiger partial charge in [0.1, 0.15) is 11.6 Å². The largest absolute Gasteiger partial charge is 0.496 e. The minimum absolute atomic E-state index is 0.136. The van der Waals surface area contributed by atoms with Gasteiger partial charge >= 0.3 is 0 Å². The van der Waals surface area contributed by atoms with Crippen LogP contribution in [0, 0.1) is 11.7 Å². The summed E-state index contributed by atoms with van der Waals surface area (Å²) >= 11 is 7.06. The number of hydrogen-bond acceptors (Lipinski definition) is 1. The molecule has 0 saturated carbocycles. The standard InChI is InChI=1S/C17H15Br2FO/c1-21-16-9-15(20)14(18)8-13(16)17(19)12-6-10-4-2-3-5-11(10)7-12/h2-5,8-9,12,17H,6-7H2,1H3. The Kier molecular flexibility index (Phi) is 4.36. The van der Waals surface area contributed by atoms with Gasteiger partial charge in [-0.1, -0.05) is 40.2 Å². The van der Waals surface area contributed by atoms with Crippen LogP contribution in [0.3, 0.4) is 0 Å². The molecule has 0 heterocycles. The summed E-state index contributed by atoms with van der Waals surface area (Å²) in [7, 11) is 1.58. The van der Waals surface area contributed by atoms with Crippen molar-refractivity contribution in [3.05, 3.63) is 63.4 Å². The molecule has 0 aromatic heterocycles. The molecule has 0 spiro atoms. The van der Waals surface area contributed by atoms with Crippen molar-refractivity contribution in [2.45, 2.75) is 17.7 Å². The third-order valence-corrected chi connectivity index (χ3v) is 5.91. The molecule has 21 heavy (non-hydrogen) atoms. The van der Waals surface area contributed by atoms with Crippen molar-refractivity contribution < 1.29 is 9.13 Å². The Labute approximate surface area is 140 Å². The molecule has 110 valence electrons. The Morgan fingerprint density at radius 3 is 2.38 bits per heavy atom. The van der Waals surface area contributed by atoms with Gasteiger partial charge in [-0.3, -0.25) is 0 Å². The Morgan fingerprint density at radius 2 is 1.81 bits per heavy atom. The van der Waals surface area contributed by atoms with Crippen LogP contribution in [0.25, 0.3) is 0 Å². The number of halogens is 3. The zero-order valence-corrected chi connectivity index (χ0v) is 14.7. The van der Waals surface area contributed by atoms with Gasteiger partial charge in [0.25, 0.3) is 0 Å². The van der Waals surface area contributed by atoms with Gasteiger partial charge in [-0.2, -0.15) is 0 Å². The third kappa shape index (κ3) is 2.88. The Balaban J connectivity index is 1.90. The summed E-state index contributed by atoms with van der Waals surface area (Å²) in [4.78, 5) is 0.136. The summed E-state index contributed by atoms with van der Waals surface area (Å²) in [5, 5.41) is 0. The first kappa shape index (κ1) is 15.0. The molecule has 0 aliphatic heterocycles. The lowest BCUT2D eigenvalue weighted by Gasteiger charge is -2.20. The number of benzene rings is 2. The van der Waals surface area contributed by atoms with Crippen molar-refractivity contribution >= 4 is 31.9 Å². The topological polar surface area (TPSA) is 9.23 Å². The second-order valence-electron chi connectivity index (χ2n) is 5.35. The van der Waals surface area contributed by atoms with Crippen LogP contribution in [-0.4, -0.2) is 7.11 Å². The number of fused-ring (bicyclic) bond motifs is 1. The van der Waals surface area contributed by atoms with Gasteiger partial charge in [0.2, 0.25) is 0 Å². The van der Waals surface area contributed by atoms with E-state index in [0.29, 0.717) is 16.1 Å². The molecule has 0 fully saturated rings. The highest BCUT2D eigenvalue weighted by molar-refractivity contribution is 9.10. The first-order valence-electron chi connectivity index (χ1n) is 6.84. The average Bonchev–Trinajstić information content (AvgIpc) is 2.92. The van der Waals surface area contributed by atoms with Crippen molar-refractivity contribution in [2.24, 2.45) is 5.92 Å². The van der Waals surface area contributed by atoms with E-state index in [1.807, 2.05) is 6.07 Å². The molecule has 2 aromatic rings. The Morgan fingerprint density at radius 1 is 1.19 bits per heavy atom. The van der Waals surface area contributed by atoms with Crippen LogP contribution in [0.2, 0.25) is 0 Å². The maximum absolute atomic E-state index is 13.7. The van der Waals surface area contributed by atoms with Gasteiger partial charge in [-0.15, -0.1) is 0 Å². The van der Waals surface area contributed by atoms with Gasteiger partial charge < -0.3 is 4.74 Å². The Hall–Kier alpha value is -0.870. The van der Waals surface area contributed by atoms with Gasteiger partial charge in [-0.05, 0) is 51.9 Å². The average molecular weight is 414 g/mol. The summed E-state index contributed by atoms with van der Waals surface area (Å²) in [6.45, 7) is 0. The molecule has 3 rings (SSSR count). The molecule has 0 amide bonds. The molecule has 1 atom stereocenters. The zero-order valence-electron chi connectivity index (χ0n) is 11.6. The monoisotopic (exact) mass is 412 g/mol. The quantitative estimate of drug-likeness (QED) is 0.608. The lowest BCUT2D eigenvalue weighted by molar-refractivity contribution is 0.400. The molecular formula is C17H15Br2FO. The lowest BCUT2D eigenvalue weighted by Crippen LogP contribution is -2.09. The van der Waals surface area contributed by atoms with Crippen LogP contribution in [-0.2, 0) is 12.8 Å². The number of rotatable bonds is 3. The molecule has 1 aliphatic rings. The summed E-state index contributed by atoms with van der Waals surface area (Å²) in [6, 6.07) is 11.8. The molecule has 0 bridgehead atoms. The van der Waals surface area contributed by atoms with E-state index in [4.69, 9.17) is 4.74 Å². The fourth-order valence-electron chi connectivity index (χ4n) is 2.99. The Bertz CT molecular complexity index is 647. The zero-order chi connectivity index (χ0) is 15.0. The molecule has 1 unspecified atom stereocenters. The van der Waals surface area contributed by atoms with Crippen LogP contribution in [0.15, 0.2) is 40.9 Å². The van der Waals surface area contributed by atoms with E-state index >= 15 is 0 Å². The minimum Gasteiger partial charge on any atom is -0.496 e. The van der Waals surface area contributed by atoms with Gasteiger partial charge in [0.15, 0.2) is 0 Å². The predicted molar refractivity (Wildman–Crippen MR) is 89.7 cm³/mol. The van der Waals surface area contributed by atoms with Crippen molar-refractivity contribution in [3.63, 3.8) is 0 Å². The first-order valence-corrected chi connectivity index (χ1v) is 8.54. The molecule has 0 saturated heterocycles. The summed E-state index contributed by atoms with van der Waals surface area (Å²) in [5.74, 6) is 0.743. The maximum Gasteiger partial charge on any atom is 0.141 e. The van der Waals surface area contributed by atoms with Crippen LogP contribution in [0.4, 0.5) is 4.39 Å². The SMILES string of the molecule is COc1cc(F)c(Br)cc1C(Br)C1Cc2ccccc2C1. The smallest absolute Gasteiger partial charge is 0.141 e. The van der Waals surface area contributed by atoms with E-state index in [2.05, 4.69) is 56.1 Å². The third-order valence-electron chi connectivity index (χ3n) is 4.07. The normalized spacial score (nSPS) is 15.8. The maximum atomic E-state index is 13.7. The van der Waals surface area contributed by atoms with Crippen molar-refractivity contribution in [2.75, 3.05) is 7.11 Å². The molecule has 2 aromatic carbocycles. The lowest BCUT2D eigenvalue weighted by atomic mass is 9.96. The molecule has 1 nitrogen and oxygen atoms in total. The summed E-state index contributed by atoms with van der Waals surface area (Å²) in [5.41, 5.74) is 3.81. The summed E-state index contributed by atoms with van der Waals surface area (Å²) < 4.78 is 19.5. The van der Waals surface area contributed by atoms with Crippen LogP contribution >= 0.6 is 31.9 Å². The van der Waals surface area contributed by atoms with Gasteiger partial charge in [0.05, 0.1) is 11.6 Å². The second kappa shape index (κ2) is 6.09. The van der Waals surface area contributed by atoms with Crippen LogP contribution in [0.1, 0.15) is 21.5 Å². The predicted octanol–water partition coefficient (Wildman–Crippen LogP) is 5.45.